The molecule has 0 radical (unpaired) electrons. The van der Waals surface area contributed by atoms with Gasteiger partial charge in [-0.15, -0.1) is 0 Å². The highest BCUT2D eigenvalue weighted by Crippen LogP contribution is 2.20. The van der Waals surface area contributed by atoms with Gasteiger partial charge in [-0.25, -0.2) is 0 Å². The maximum absolute atomic E-state index is 11.9. The van der Waals surface area contributed by atoms with Gasteiger partial charge in [0.2, 0.25) is 0 Å². The minimum Gasteiger partial charge on any atom is -0.379 e. The Morgan fingerprint density at radius 2 is 1.68 bits per heavy atom. The van der Waals surface area contributed by atoms with Gasteiger partial charge >= 0.3 is 0 Å². The van der Waals surface area contributed by atoms with Gasteiger partial charge in [0.05, 0.1) is 13.2 Å². The Labute approximate surface area is 146 Å². The van der Waals surface area contributed by atoms with Gasteiger partial charge in [0, 0.05) is 44.1 Å². The average Bonchev–Trinajstić information content (AvgIpc) is 2.65. The summed E-state index contributed by atoms with van der Waals surface area (Å²) < 4.78 is 5.39. The fraction of sp³-hybridized carbons (Fsp3) is 0.500. The summed E-state index contributed by atoms with van der Waals surface area (Å²) in [5, 5.41) is 6.24. The maximum Gasteiger partial charge on any atom is 0.253 e. The van der Waals surface area contributed by atoms with Crippen LogP contribution in [0.1, 0.15) is 19.4 Å². The molecule has 2 aromatic rings. The van der Waals surface area contributed by atoms with Gasteiger partial charge in [-0.05, 0) is 31.5 Å². The number of rotatable bonds is 7. The van der Waals surface area contributed by atoms with E-state index in [4.69, 9.17) is 4.74 Å². The van der Waals surface area contributed by atoms with E-state index in [2.05, 4.69) is 34.4 Å². The second-order valence-electron chi connectivity index (χ2n) is 6.88. The molecule has 3 rings (SSSR count). The Balaban J connectivity index is 1.62. The minimum atomic E-state index is -0.458. The molecule has 2 N–H and O–H groups in total. The fourth-order valence-electron chi connectivity index (χ4n) is 3.01. The third kappa shape index (κ3) is 3.88. The van der Waals surface area contributed by atoms with Crippen LogP contribution in [0.25, 0.3) is 0 Å². The zero-order chi connectivity index (χ0) is 17.9. The first-order valence-electron chi connectivity index (χ1n) is 8.52. The minimum absolute atomic E-state index is 0.133. The Morgan fingerprint density at radius 1 is 1.08 bits per heavy atom. The lowest BCUT2D eigenvalue weighted by atomic mass is 10.0. The number of anilines is 2. The largest absolute Gasteiger partial charge is 0.379 e. The lowest BCUT2D eigenvalue weighted by Gasteiger charge is -2.41. The Kier molecular flexibility index (Phi) is 5.15. The zero-order valence-corrected chi connectivity index (χ0v) is 14.7. The van der Waals surface area contributed by atoms with Crippen molar-refractivity contribution in [2.45, 2.75) is 25.9 Å². The molecule has 2 heterocycles. The molecule has 1 fully saturated rings. The van der Waals surface area contributed by atoms with Crippen molar-refractivity contribution in [2.75, 3.05) is 43.5 Å². The molecule has 7 nitrogen and oxygen atoms in total. The molecule has 1 aliphatic rings. The van der Waals surface area contributed by atoms with Gasteiger partial charge in [-0.1, -0.05) is 0 Å². The molecule has 0 atom stereocenters. The number of nitrogens with zero attached hydrogens (tertiary/aromatic N) is 2. The third-order valence-corrected chi connectivity index (χ3v) is 4.69. The number of ether oxygens (including phenoxy) is 1. The molecule has 0 spiro atoms. The van der Waals surface area contributed by atoms with Gasteiger partial charge in [0.1, 0.15) is 11.4 Å². The van der Waals surface area contributed by atoms with E-state index >= 15 is 0 Å². The van der Waals surface area contributed by atoms with Gasteiger partial charge in [-0.2, -0.15) is 0 Å². The lowest BCUT2D eigenvalue weighted by Crippen LogP contribution is -2.54. The van der Waals surface area contributed by atoms with Gasteiger partial charge in [-0.3, -0.25) is 19.5 Å². The van der Waals surface area contributed by atoms with Gasteiger partial charge in [0.25, 0.3) is 10.9 Å². The monoisotopic (exact) mass is 344 g/mol. The van der Waals surface area contributed by atoms with E-state index in [0.717, 1.165) is 31.9 Å². The van der Waals surface area contributed by atoms with E-state index in [-0.39, 0.29) is 5.54 Å². The Bertz CT molecular complexity index is 775. The van der Waals surface area contributed by atoms with Crippen LogP contribution >= 0.6 is 0 Å². The summed E-state index contributed by atoms with van der Waals surface area (Å²) in [4.78, 5) is 30.1. The third-order valence-electron chi connectivity index (χ3n) is 4.69. The van der Waals surface area contributed by atoms with Crippen LogP contribution < -0.4 is 21.5 Å². The van der Waals surface area contributed by atoms with Crippen LogP contribution in [0.2, 0.25) is 0 Å². The highest BCUT2D eigenvalue weighted by Gasteiger charge is 2.30. The molecule has 0 unspecified atom stereocenters. The highest BCUT2D eigenvalue weighted by atomic mass is 16.5. The molecule has 0 bridgehead atoms. The SMILES string of the molecule is CC(C)(CNc1c(NCc2ccncc2)c(=O)c1=O)N1CCOCC1. The molecule has 1 aromatic carbocycles. The first-order chi connectivity index (χ1) is 12.0. The predicted molar refractivity (Wildman–Crippen MR) is 97.9 cm³/mol. The summed E-state index contributed by atoms with van der Waals surface area (Å²) in [6.45, 7) is 8.50. The number of pyridine rings is 1. The number of morpholine rings is 1. The van der Waals surface area contributed by atoms with Crippen LogP contribution in [0.4, 0.5) is 11.4 Å². The molecule has 25 heavy (non-hydrogen) atoms. The van der Waals surface area contributed by atoms with Crippen LogP contribution in [0.15, 0.2) is 34.1 Å². The molecule has 0 aliphatic carbocycles. The van der Waals surface area contributed by atoms with Gasteiger partial charge in [0.15, 0.2) is 0 Å². The Hall–Kier alpha value is -2.25. The second kappa shape index (κ2) is 7.33. The van der Waals surface area contributed by atoms with Crippen LogP contribution in [0.3, 0.4) is 0 Å². The lowest BCUT2D eigenvalue weighted by molar-refractivity contribution is -0.00569. The van der Waals surface area contributed by atoms with E-state index in [1.807, 2.05) is 12.1 Å². The smallest absolute Gasteiger partial charge is 0.253 e. The zero-order valence-electron chi connectivity index (χ0n) is 14.7. The molecule has 0 saturated carbocycles. The molecule has 134 valence electrons. The number of hydrogen-bond acceptors (Lipinski definition) is 7. The summed E-state index contributed by atoms with van der Waals surface area (Å²) >= 11 is 0. The van der Waals surface area contributed by atoms with Crippen molar-refractivity contribution in [3.63, 3.8) is 0 Å². The highest BCUT2D eigenvalue weighted by molar-refractivity contribution is 5.74. The molecule has 0 amide bonds. The van der Waals surface area contributed by atoms with Crippen molar-refractivity contribution in [2.24, 2.45) is 0 Å². The van der Waals surface area contributed by atoms with E-state index in [9.17, 15) is 9.59 Å². The van der Waals surface area contributed by atoms with Crippen molar-refractivity contribution in [3.05, 3.63) is 50.5 Å². The molecular formula is C18H24N4O3. The van der Waals surface area contributed by atoms with Crippen LogP contribution in [0.5, 0.6) is 0 Å². The standard InChI is InChI=1S/C18H24N4O3/c1-18(2,22-7-9-25-10-8-22)12-21-15-14(16(23)17(15)24)20-11-13-3-5-19-6-4-13/h3-6,20-21H,7-12H2,1-2H3. The van der Waals surface area contributed by atoms with Crippen LogP contribution in [-0.4, -0.2) is 48.3 Å². The van der Waals surface area contributed by atoms with E-state index in [0.29, 0.717) is 24.5 Å². The van der Waals surface area contributed by atoms with Crippen molar-refractivity contribution < 1.29 is 4.74 Å². The second-order valence-corrected chi connectivity index (χ2v) is 6.88. The van der Waals surface area contributed by atoms with Crippen LogP contribution in [0, 0.1) is 0 Å². The summed E-state index contributed by atoms with van der Waals surface area (Å²) in [5.41, 5.74) is 0.727. The number of aromatic nitrogens is 1. The number of nitrogens with one attached hydrogen (secondary N) is 2. The molecular weight excluding hydrogens is 320 g/mol. The quantitative estimate of drug-likeness (QED) is 0.719. The summed E-state index contributed by atoms with van der Waals surface area (Å²) in [6, 6.07) is 3.74. The normalized spacial score (nSPS) is 16.1. The molecule has 1 saturated heterocycles. The first kappa shape index (κ1) is 17.6. The van der Waals surface area contributed by atoms with Crippen molar-refractivity contribution in [1.29, 1.82) is 0 Å². The summed E-state index contributed by atoms with van der Waals surface area (Å²) in [6.07, 6.45) is 3.40. The van der Waals surface area contributed by atoms with E-state index in [1.165, 1.54) is 0 Å². The van der Waals surface area contributed by atoms with E-state index in [1.54, 1.807) is 12.4 Å². The molecule has 1 aliphatic heterocycles. The average molecular weight is 344 g/mol. The van der Waals surface area contributed by atoms with Crippen molar-refractivity contribution in [3.8, 4) is 0 Å². The summed E-state index contributed by atoms with van der Waals surface area (Å²) in [7, 11) is 0. The van der Waals surface area contributed by atoms with Crippen molar-refractivity contribution in [1.82, 2.24) is 9.88 Å². The Morgan fingerprint density at radius 3 is 2.32 bits per heavy atom. The topological polar surface area (TPSA) is 83.6 Å². The predicted octanol–water partition coefficient (Wildman–Crippen LogP) is 0.812. The van der Waals surface area contributed by atoms with Gasteiger partial charge < -0.3 is 15.4 Å². The summed E-state index contributed by atoms with van der Waals surface area (Å²) in [5.74, 6) is 0. The number of hydrogen-bond donors (Lipinski definition) is 2. The molecule has 1 aromatic heterocycles. The fourth-order valence-corrected chi connectivity index (χ4v) is 3.01. The van der Waals surface area contributed by atoms with E-state index < -0.39 is 10.9 Å². The molecule has 7 heteroatoms. The first-order valence-corrected chi connectivity index (χ1v) is 8.52. The maximum atomic E-state index is 11.9. The van der Waals surface area contributed by atoms with Crippen molar-refractivity contribution >= 4 is 11.4 Å². The van der Waals surface area contributed by atoms with Crippen LogP contribution in [-0.2, 0) is 11.3 Å².